The zero-order chi connectivity index (χ0) is 14.8. The van der Waals surface area contributed by atoms with Crippen LogP contribution in [0.15, 0.2) is 48.8 Å². The molecule has 0 saturated heterocycles. The molecular weight excluding hydrogens is 289 g/mol. The molecule has 0 aliphatic heterocycles. The van der Waals surface area contributed by atoms with Crippen LogP contribution in [0.3, 0.4) is 0 Å². The first-order chi connectivity index (χ1) is 10.1. The number of fused-ring (bicyclic) bond motifs is 1. The van der Waals surface area contributed by atoms with Crippen LogP contribution in [-0.4, -0.2) is 9.97 Å². The lowest BCUT2D eigenvalue weighted by Crippen LogP contribution is -2.15. The molecule has 0 amide bonds. The van der Waals surface area contributed by atoms with Gasteiger partial charge in [-0.05, 0) is 41.8 Å². The van der Waals surface area contributed by atoms with Crippen molar-refractivity contribution in [3.63, 3.8) is 0 Å². The summed E-state index contributed by atoms with van der Waals surface area (Å²) < 4.78 is 13.8. The molecular formula is C16H13ClFN3. The van der Waals surface area contributed by atoms with Crippen molar-refractivity contribution in [2.24, 2.45) is 5.73 Å². The molecule has 1 aromatic heterocycles. The average Bonchev–Trinajstić information content (AvgIpc) is 2.50. The Hall–Kier alpha value is -2.04. The second-order valence-corrected chi connectivity index (χ2v) is 5.25. The number of nitrogens with zero attached hydrogens (tertiary/aromatic N) is 2. The van der Waals surface area contributed by atoms with Gasteiger partial charge in [-0.3, -0.25) is 9.97 Å². The number of para-hydroxylation sites is 1. The molecule has 1 atom stereocenters. The van der Waals surface area contributed by atoms with Crippen LogP contribution in [0.2, 0.25) is 5.02 Å². The molecule has 1 heterocycles. The maximum absolute atomic E-state index is 13.8. The van der Waals surface area contributed by atoms with Gasteiger partial charge in [-0.2, -0.15) is 0 Å². The maximum Gasteiger partial charge on any atom is 0.126 e. The van der Waals surface area contributed by atoms with Gasteiger partial charge in [0.15, 0.2) is 0 Å². The molecule has 0 spiro atoms. The van der Waals surface area contributed by atoms with E-state index in [0.29, 0.717) is 17.0 Å². The minimum absolute atomic E-state index is 0.304. The summed E-state index contributed by atoms with van der Waals surface area (Å²) in [6, 6.07) is 9.75. The molecule has 3 nitrogen and oxygen atoms in total. The molecule has 0 aliphatic rings. The maximum atomic E-state index is 13.8. The number of benzene rings is 2. The Morgan fingerprint density at radius 2 is 1.95 bits per heavy atom. The van der Waals surface area contributed by atoms with Crippen molar-refractivity contribution in [2.45, 2.75) is 12.5 Å². The van der Waals surface area contributed by atoms with E-state index in [1.54, 1.807) is 18.5 Å². The van der Waals surface area contributed by atoms with Gasteiger partial charge in [0.05, 0.1) is 11.0 Å². The molecule has 2 aromatic carbocycles. The van der Waals surface area contributed by atoms with Gasteiger partial charge in [-0.1, -0.05) is 23.7 Å². The lowest BCUT2D eigenvalue weighted by molar-refractivity contribution is 0.594. The van der Waals surface area contributed by atoms with Crippen molar-refractivity contribution >= 4 is 22.6 Å². The summed E-state index contributed by atoms with van der Waals surface area (Å²) in [5.41, 5.74) is 9.10. The molecule has 0 saturated carbocycles. The Morgan fingerprint density at radius 1 is 1.14 bits per heavy atom. The van der Waals surface area contributed by atoms with Crippen molar-refractivity contribution < 1.29 is 4.39 Å². The third-order valence-corrected chi connectivity index (χ3v) is 3.61. The van der Waals surface area contributed by atoms with Gasteiger partial charge in [0.1, 0.15) is 5.82 Å². The minimum atomic E-state index is -0.377. The summed E-state index contributed by atoms with van der Waals surface area (Å²) >= 11 is 5.91. The first-order valence-corrected chi connectivity index (χ1v) is 6.92. The van der Waals surface area contributed by atoms with Gasteiger partial charge >= 0.3 is 0 Å². The van der Waals surface area contributed by atoms with Crippen LogP contribution in [0, 0.1) is 5.82 Å². The Morgan fingerprint density at radius 3 is 2.81 bits per heavy atom. The fraction of sp³-hybridized carbons (Fsp3) is 0.125. The summed E-state index contributed by atoms with van der Waals surface area (Å²) in [4.78, 5) is 8.57. The largest absolute Gasteiger partial charge is 0.324 e. The van der Waals surface area contributed by atoms with E-state index in [1.165, 1.54) is 12.1 Å². The molecule has 3 aromatic rings. The zero-order valence-corrected chi connectivity index (χ0v) is 11.9. The predicted molar refractivity (Wildman–Crippen MR) is 81.6 cm³/mol. The Bertz CT molecular complexity index is 786. The molecule has 0 fully saturated rings. The molecule has 3 rings (SSSR count). The molecule has 1 unspecified atom stereocenters. The van der Waals surface area contributed by atoms with Crippen LogP contribution in [0.4, 0.5) is 4.39 Å². The number of nitrogens with two attached hydrogens (primary N) is 1. The fourth-order valence-electron chi connectivity index (χ4n) is 2.36. The summed E-state index contributed by atoms with van der Waals surface area (Å²) in [7, 11) is 0. The number of hydrogen-bond donors (Lipinski definition) is 1. The normalized spacial score (nSPS) is 12.5. The lowest BCUT2D eigenvalue weighted by atomic mass is 9.98. The van der Waals surface area contributed by atoms with Crippen LogP contribution >= 0.6 is 11.6 Å². The summed E-state index contributed by atoms with van der Waals surface area (Å²) in [6.45, 7) is 0. The van der Waals surface area contributed by atoms with Crippen LogP contribution in [0.25, 0.3) is 11.0 Å². The SMILES string of the molecule is NC(Cc1cc(Cl)ccc1F)c1cccc2nccnc12. The first-order valence-electron chi connectivity index (χ1n) is 6.54. The molecule has 106 valence electrons. The van der Waals surface area contributed by atoms with E-state index in [4.69, 9.17) is 17.3 Å². The summed E-state index contributed by atoms with van der Waals surface area (Å²) in [5.74, 6) is -0.304. The Kier molecular flexibility index (Phi) is 3.82. The number of aromatic nitrogens is 2. The highest BCUT2D eigenvalue weighted by molar-refractivity contribution is 6.30. The minimum Gasteiger partial charge on any atom is -0.324 e. The van der Waals surface area contributed by atoms with Crippen LogP contribution < -0.4 is 5.73 Å². The topological polar surface area (TPSA) is 51.8 Å². The van der Waals surface area contributed by atoms with Crippen molar-refractivity contribution in [3.8, 4) is 0 Å². The highest BCUT2D eigenvalue weighted by Crippen LogP contribution is 2.24. The van der Waals surface area contributed by atoms with E-state index in [2.05, 4.69) is 9.97 Å². The van der Waals surface area contributed by atoms with E-state index in [-0.39, 0.29) is 11.9 Å². The third kappa shape index (κ3) is 2.86. The van der Waals surface area contributed by atoms with Gasteiger partial charge in [0.25, 0.3) is 0 Å². The van der Waals surface area contributed by atoms with Gasteiger partial charge < -0.3 is 5.73 Å². The highest BCUT2D eigenvalue weighted by atomic mass is 35.5. The number of hydrogen-bond acceptors (Lipinski definition) is 3. The van der Waals surface area contributed by atoms with Crippen LogP contribution in [0.1, 0.15) is 17.2 Å². The molecule has 5 heteroatoms. The van der Waals surface area contributed by atoms with Crippen molar-refractivity contribution in [2.75, 3.05) is 0 Å². The second kappa shape index (κ2) is 5.76. The van der Waals surface area contributed by atoms with Crippen molar-refractivity contribution in [3.05, 3.63) is 70.8 Å². The zero-order valence-electron chi connectivity index (χ0n) is 11.1. The molecule has 0 radical (unpaired) electrons. The van der Waals surface area contributed by atoms with E-state index in [0.717, 1.165) is 16.6 Å². The first kappa shape index (κ1) is 13.9. The molecule has 21 heavy (non-hydrogen) atoms. The van der Waals surface area contributed by atoms with Crippen molar-refractivity contribution in [1.29, 1.82) is 0 Å². The van der Waals surface area contributed by atoms with E-state index < -0.39 is 0 Å². The Balaban J connectivity index is 1.97. The highest BCUT2D eigenvalue weighted by Gasteiger charge is 2.14. The lowest BCUT2D eigenvalue weighted by Gasteiger charge is -2.14. The Labute approximate surface area is 126 Å². The van der Waals surface area contributed by atoms with Crippen LogP contribution in [0.5, 0.6) is 0 Å². The number of halogens is 2. The van der Waals surface area contributed by atoms with Gasteiger partial charge in [0.2, 0.25) is 0 Å². The second-order valence-electron chi connectivity index (χ2n) is 4.82. The van der Waals surface area contributed by atoms with Crippen LogP contribution in [-0.2, 0) is 6.42 Å². The number of rotatable bonds is 3. The molecule has 0 aliphatic carbocycles. The molecule has 0 bridgehead atoms. The van der Waals surface area contributed by atoms with Gasteiger partial charge in [-0.15, -0.1) is 0 Å². The fourth-order valence-corrected chi connectivity index (χ4v) is 2.56. The quantitative estimate of drug-likeness (QED) is 0.803. The third-order valence-electron chi connectivity index (χ3n) is 3.38. The monoisotopic (exact) mass is 301 g/mol. The average molecular weight is 302 g/mol. The standard InChI is InChI=1S/C16H13ClFN3/c17-11-4-5-13(18)10(8-11)9-14(19)12-2-1-3-15-16(12)21-7-6-20-15/h1-8,14H,9,19H2. The van der Waals surface area contributed by atoms with E-state index in [1.807, 2.05) is 18.2 Å². The van der Waals surface area contributed by atoms with E-state index in [9.17, 15) is 4.39 Å². The molecule has 2 N–H and O–H groups in total. The smallest absolute Gasteiger partial charge is 0.126 e. The predicted octanol–water partition coefficient (Wildman–Crippen LogP) is 3.66. The van der Waals surface area contributed by atoms with Gasteiger partial charge in [0, 0.05) is 23.5 Å². The van der Waals surface area contributed by atoms with Gasteiger partial charge in [-0.25, -0.2) is 4.39 Å². The summed E-state index contributed by atoms with van der Waals surface area (Å²) in [6.07, 6.45) is 3.61. The summed E-state index contributed by atoms with van der Waals surface area (Å²) in [5, 5.41) is 0.497. The van der Waals surface area contributed by atoms with Crippen molar-refractivity contribution in [1.82, 2.24) is 9.97 Å². The van der Waals surface area contributed by atoms with E-state index >= 15 is 0 Å².